The molecule has 0 radical (unpaired) electrons. The Bertz CT molecular complexity index is 968. The van der Waals surface area contributed by atoms with Gasteiger partial charge in [-0.25, -0.2) is 4.98 Å². The highest BCUT2D eigenvalue weighted by Gasteiger charge is 2.32. The van der Waals surface area contributed by atoms with Crippen molar-refractivity contribution in [1.82, 2.24) is 20.1 Å². The standard InChI is InChI=1S/C26H36ClN5O/c1-18-6-5-7-19(2)23(18)17-30-10-8-22(9-11-30)32-13-12-31(16-20(32)3)25-24(27)14-21(15-29-25)26(33)28-4/h5-7,14-15,20,22H,8-13,16-17H2,1-4H3,(H,28,33)/t20-/m0/s1. The van der Waals surface area contributed by atoms with Crippen LogP contribution in [0.3, 0.4) is 0 Å². The number of aryl methyl sites for hydroxylation is 2. The van der Waals surface area contributed by atoms with Crippen molar-refractivity contribution in [3.63, 3.8) is 0 Å². The summed E-state index contributed by atoms with van der Waals surface area (Å²) < 4.78 is 0. The number of likely N-dealkylation sites (tertiary alicyclic amines) is 1. The van der Waals surface area contributed by atoms with Crippen molar-refractivity contribution in [2.45, 2.75) is 52.2 Å². The number of nitrogens with one attached hydrogen (secondary N) is 1. The Morgan fingerprint density at radius 2 is 1.85 bits per heavy atom. The zero-order valence-corrected chi connectivity index (χ0v) is 21.0. The molecule has 2 aromatic rings. The third kappa shape index (κ3) is 5.34. The average molecular weight is 470 g/mol. The molecule has 0 aliphatic carbocycles. The summed E-state index contributed by atoms with van der Waals surface area (Å²) in [6.07, 6.45) is 4.05. The van der Waals surface area contributed by atoms with E-state index in [1.165, 1.54) is 29.5 Å². The van der Waals surface area contributed by atoms with Crippen LogP contribution in [0.4, 0.5) is 5.82 Å². The topological polar surface area (TPSA) is 51.7 Å². The molecule has 4 rings (SSSR count). The van der Waals surface area contributed by atoms with E-state index in [0.29, 0.717) is 22.7 Å². The zero-order chi connectivity index (χ0) is 23.5. The fraction of sp³-hybridized carbons (Fsp3) is 0.538. The minimum absolute atomic E-state index is 0.168. The Balaban J connectivity index is 1.32. The van der Waals surface area contributed by atoms with Crippen LogP contribution in [0, 0.1) is 13.8 Å². The number of piperazine rings is 1. The van der Waals surface area contributed by atoms with Gasteiger partial charge in [0.1, 0.15) is 5.82 Å². The lowest BCUT2D eigenvalue weighted by Gasteiger charge is -2.47. The lowest BCUT2D eigenvalue weighted by molar-refractivity contribution is 0.0689. The first-order valence-electron chi connectivity index (χ1n) is 12.0. The van der Waals surface area contributed by atoms with E-state index in [9.17, 15) is 4.79 Å². The molecule has 2 saturated heterocycles. The van der Waals surface area contributed by atoms with Crippen LogP contribution < -0.4 is 10.2 Å². The van der Waals surface area contributed by atoms with Crippen LogP contribution in [0.25, 0.3) is 0 Å². The maximum Gasteiger partial charge on any atom is 0.252 e. The molecule has 3 heterocycles. The number of hydrogen-bond acceptors (Lipinski definition) is 5. The first-order chi connectivity index (χ1) is 15.9. The summed E-state index contributed by atoms with van der Waals surface area (Å²) >= 11 is 6.50. The van der Waals surface area contributed by atoms with Gasteiger partial charge in [-0.1, -0.05) is 29.8 Å². The largest absolute Gasteiger partial charge is 0.355 e. The van der Waals surface area contributed by atoms with Gasteiger partial charge in [0.05, 0.1) is 10.6 Å². The summed E-state index contributed by atoms with van der Waals surface area (Å²) in [5.41, 5.74) is 4.78. The number of carbonyl (C=O) groups is 1. The summed E-state index contributed by atoms with van der Waals surface area (Å²) in [6.45, 7) is 12.9. The SMILES string of the molecule is CNC(=O)c1cnc(N2CCN(C3CCN(Cc4c(C)cccc4C)CC3)[C@@H](C)C2)c(Cl)c1. The molecular weight excluding hydrogens is 434 g/mol. The zero-order valence-electron chi connectivity index (χ0n) is 20.3. The molecule has 2 aliphatic heterocycles. The molecule has 1 amide bonds. The number of piperidine rings is 1. The Kier molecular flexibility index (Phi) is 7.57. The fourth-order valence-corrected chi connectivity index (χ4v) is 5.66. The molecule has 2 fully saturated rings. The quantitative estimate of drug-likeness (QED) is 0.720. The molecule has 6 nitrogen and oxygen atoms in total. The second kappa shape index (κ2) is 10.4. The van der Waals surface area contributed by atoms with E-state index < -0.39 is 0 Å². The number of benzene rings is 1. The molecule has 2 aliphatic rings. The molecule has 7 heteroatoms. The number of rotatable bonds is 5. The molecule has 1 aromatic carbocycles. The summed E-state index contributed by atoms with van der Waals surface area (Å²) in [4.78, 5) is 23.9. The summed E-state index contributed by atoms with van der Waals surface area (Å²) in [6, 6.07) is 9.39. The van der Waals surface area contributed by atoms with Crippen molar-refractivity contribution in [1.29, 1.82) is 0 Å². The highest BCUT2D eigenvalue weighted by atomic mass is 35.5. The predicted molar refractivity (Wildman–Crippen MR) is 135 cm³/mol. The summed E-state index contributed by atoms with van der Waals surface area (Å²) in [7, 11) is 1.61. The number of hydrogen-bond donors (Lipinski definition) is 1. The van der Waals surface area contributed by atoms with E-state index in [-0.39, 0.29) is 5.91 Å². The number of anilines is 1. The number of amides is 1. The van der Waals surface area contributed by atoms with Gasteiger partial charge in [0.25, 0.3) is 5.91 Å². The summed E-state index contributed by atoms with van der Waals surface area (Å²) in [5, 5.41) is 3.16. The number of aromatic nitrogens is 1. The van der Waals surface area contributed by atoms with Gasteiger partial charge in [-0.05, 0) is 69.5 Å². The van der Waals surface area contributed by atoms with Crippen molar-refractivity contribution in [3.8, 4) is 0 Å². The molecule has 0 unspecified atom stereocenters. The van der Waals surface area contributed by atoms with Crippen molar-refractivity contribution in [3.05, 3.63) is 57.7 Å². The Labute approximate surface area is 202 Å². The Morgan fingerprint density at radius 1 is 1.15 bits per heavy atom. The molecular formula is C26H36ClN5O. The minimum atomic E-state index is -0.168. The van der Waals surface area contributed by atoms with Crippen LogP contribution in [0.1, 0.15) is 46.8 Å². The van der Waals surface area contributed by atoms with Crippen LogP contribution in [-0.4, -0.2) is 72.5 Å². The average Bonchev–Trinajstić information content (AvgIpc) is 2.81. The van der Waals surface area contributed by atoms with Crippen LogP contribution in [0.5, 0.6) is 0 Å². The normalized spacial score (nSPS) is 20.8. The number of carbonyl (C=O) groups excluding carboxylic acids is 1. The Morgan fingerprint density at radius 3 is 2.45 bits per heavy atom. The maximum absolute atomic E-state index is 11.8. The molecule has 1 aromatic heterocycles. The van der Waals surface area contributed by atoms with E-state index >= 15 is 0 Å². The molecule has 1 N–H and O–H groups in total. The number of pyridine rings is 1. The van der Waals surface area contributed by atoms with Crippen molar-refractivity contribution < 1.29 is 4.79 Å². The highest BCUT2D eigenvalue weighted by molar-refractivity contribution is 6.33. The van der Waals surface area contributed by atoms with Gasteiger partial charge >= 0.3 is 0 Å². The van der Waals surface area contributed by atoms with Gasteiger partial charge in [0.15, 0.2) is 0 Å². The van der Waals surface area contributed by atoms with E-state index in [4.69, 9.17) is 11.6 Å². The van der Waals surface area contributed by atoms with Crippen molar-refractivity contribution >= 4 is 23.3 Å². The summed E-state index contributed by atoms with van der Waals surface area (Å²) in [5.74, 6) is 0.609. The van der Waals surface area contributed by atoms with Gasteiger partial charge in [-0.2, -0.15) is 0 Å². The van der Waals surface area contributed by atoms with Gasteiger partial charge in [0, 0.05) is 51.5 Å². The molecule has 0 bridgehead atoms. The second-order valence-corrected chi connectivity index (χ2v) is 9.93. The first-order valence-corrected chi connectivity index (χ1v) is 12.4. The van der Waals surface area contributed by atoms with Crippen LogP contribution in [0.15, 0.2) is 30.5 Å². The third-order valence-corrected chi connectivity index (χ3v) is 7.62. The van der Waals surface area contributed by atoms with E-state index in [2.05, 4.69) is 64.0 Å². The molecule has 1 atom stereocenters. The number of halogens is 1. The molecule has 178 valence electrons. The van der Waals surface area contributed by atoms with Gasteiger partial charge in [-0.15, -0.1) is 0 Å². The van der Waals surface area contributed by atoms with Crippen molar-refractivity contribution in [2.75, 3.05) is 44.7 Å². The second-order valence-electron chi connectivity index (χ2n) is 9.52. The van der Waals surface area contributed by atoms with Gasteiger partial charge in [-0.3, -0.25) is 14.6 Å². The van der Waals surface area contributed by atoms with Crippen molar-refractivity contribution in [2.24, 2.45) is 0 Å². The smallest absolute Gasteiger partial charge is 0.252 e. The van der Waals surface area contributed by atoms with E-state index in [1.54, 1.807) is 19.3 Å². The van der Waals surface area contributed by atoms with Crippen LogP contribution >= 0.6 is 11.6 Å². The van der Waals surface area contributed by atoms with Gasteiger partial charge in [0.2, 0.25) is 0 Å². The van der Waals surface area contributed by atoms with E-state index in [0.717, 1.165) is 45.1 Å². The lowest BCUT2D eigenvalue weighted by atomic mass is 9.97. The lowest BCUT2D eigenvalue weighted by Crippen LogP contribution is -2.57. The van der Waals surface area contributed by atoms with Crippen LogP contribution in [-0.2, 0) is 6.54 Å². The first kappa shape index (κ1) is 24.0. The molecule has 0 saturated carbocycles. The Hall–Kier alpha value is -2.15. The predicted octanol–water partition coefficient (Wildman–Crippen LogP) is 3.89. The van der Waals surface area contributed by atoms with Crippen LogP contribution in [0.2, 0.25) is 5.02 Å². The molecule has 0 spiro atoms. The minimum Gasteiger partial charge on any atom is -0.355 e. The fourth-order valence-electron chi connectivity index (χ4n) is 5.37. The highest BCUT2D eigenvalue weighted by Crippen LogP contribution is 2.29. The maximum atomic E-state index is 11.8. The monoisotopic (exact) mass is 469 g/mol. The molecule has 33 heavy (non-hydrogen) atoms. The number of nitrogens with zero attached hydrogens (tertiary/aromatic N) is 4. The third-order valence-electron chi connectivity index (χ3n) is 7.34. The van der Waals surface area contributed by atoms with Gasteiger partial charge < -0.3 is 10.2 Å². The van der Waals surface area contributed by atoms with E-state index in [1.807, 2.05) is 0 Å².